The number of fused-ring (bicyclic) bond motifs is 1. The van der Waals surface area contributed by atoms with E-state index in [1.54, 1.807) is 0 Å². The molecule has 2 nitrogen and oxygen atoms in total. The van der Waals surface area contributed by atoms with Crippen molar-refractivity contribution in [3.8, 4) is 5.75 Å². The Morgan fingerprint density at radius 3 is 3.08 bits per heavy atom. The van der Waals surface area contributed by atoms with Crippen LogP contribution in [0.1, 0.15) is 12.5 Å². The van der Waals surface area contributed by atoms with Gasteiger partial charge in [0, 0.05) is 10.0 Å². The highest BCUT2D eigenvalue weighted by molar-refractivity contribution is 9.10. The van der Waals surface area contributed by atoms with Crippen molar-refractivity contribution >= 4 is 15.9 Å². The second-order valence-electron chi connectivity index (χ2n) is 3.65. The summed E-state index contributed by atoms with van der Waals surface area (Å²) in [7, 11) is 0. The Bertz CT molecular complexity index is 338. The predicted molar refractivity (Wildman–Crippen MR) is 54.1 cm³/mol. The highest BCUT2D eigenvalue weighted by atomic mass is 79.9. The molecule has 70 valence electrons. The monoisotopic (exact) mass is 242 g/mol. The molecule has 1 aliphatic heterocycles. The number of hydrogen-bond acceptors (Lipinski definition) is 2. The van der Waals surface area contributed by atoms with Crippen LogP contribution >= 0.6 is 15.9 Å². The van der Waals surface area contributed by atoms with E-state index in [1.165, 1.54) is 0 Å². The average Bonchev–Trinajstić information content (AvgIpc) is 2.45. The summed E-state index contributed by atoms with van der Waals surface area (Å²) in [6, 6.07) is 5.89. The van der Waals surface area contributed by atoms with Gasteiger partial charge in [0.15, 0.2) is 0 Å². The van der Waals surface area contributed by atoms with Crippen LogP contribution in [0.15, 0.2) is 22.7 Å². The predicted octanol–water partition coefficient (Wildman–Crippen LogP) is 2.09. The fourth-order valence-electron chi connectivity index (χ4n) is 1.55. The van der Waals surface area contributed by atoms with Crippen LogP contribution in [0.3, 0.4) is 0 Å². The lowest BCUT2D eigenvalue weighted by Gasteiger charge is -2.18. The molecule has 2 rings (SSSR count). The van der Waals surface area contributed by atoms with E-state index in [2.05, 4.69) is 15.9 Å². The lowest BCUT2D eigenvalue weighted by atomic mass is 9.86. The Hall–Kier alpha value is -0.540. The van der Waals surface area contributed by atoms with E-state index in [1.807, 2.05) is 25.1 Å². The van der Waals surface area contributed by atoms with E-state index in [9.17, 15) is 5.11 Å². The first kappa shape index (κ1) is 9.03. The van der Waals surface area contributed by atoms with E-state index in [0.717, 1.165) is 15.8 Å². The Labute approximate surface area is 85.7 Å². The maximum absolute atomic E-state index is 9.27. The summed E-state index contributed by atoms with van der Waals surface area (Å²) in [6.45, 7) is 2.69. The molecule has 1 heterocycles. The Balaban J connectivity index is 2.52. The molecule has 1 atom stereocenters. The first-order valence-corrected chi connectivity index (χ1v) is 4.99. The van der Waals surface area contributed by atoms with Crippen molar-refractivity contribution in [2.24, 2.45) is 0 Å². The summed E-state index contributed by atoms with van der Waals surface area (Å²) in [4.78, 5) is 0. The normalized spacial score (nSPS) is 25.5. The van der Waals surface area contributed by atoms with Crippen LogP contribution in [0.4, 0.5) is 0 Å². The third kappa shape index (κ3) is 1.36. The average molecular weight is 243 g/mol. The van der Waals surface area contributed by atoms with E-state index in [4.69, 9.17) is 4.74 Å². The summed E-state index contributed by atoms with van der Waals surface area (Å²) in [5, 5.41) is 9.27. The third-order valence-corrected chi connectivity index (χ3v) is 2.98. The highest BCUT2D eigenvalue weighted by Gasteiger charge is 2.35. The molecule has 0 saturated carbocycles. The maximum Gasteiger partial charge on any atom is 0.123 e. The molecule has 1 aromatic carbocycles. The van der Waals surface area contributed by atoms with Gasteiger partial charge in [0.25, 0.3) is 0 Å². The van der Waals surface area contributed by atoms with Crippen molar-refractivity contribution in [3.05, 3.63) is 28.2 Å². The zero-order chi connectivity index (χ0) is 9.47. The van der Waals surface area contributed by atoms with Crippen LogP contribution in [-0.2, 0) is 5.41 Å². The number of hydrogen-bond donors (Lipinski definition) is 1. The van der Waals surface area contributed by atoms with E-state index >= 15 is 0 Å². The molecule has 1 unspecified atom stereocenters. The second kappa shape index (κ2) is 3.00. The fraction of sp³-hybridized carbons (Fsp3) is 0.400. The summed E-state index contributed by atoms with van der Waals surface area (Å²) in [5.41, 5.74) is 0.850. The molecule has 0 aromatic heterocycles. The van der Waals surface area contributed by atoms with Crippen molar-refractivity contribution in [3.63, 3.8) is 0 Å². The number of benzene rings is 1. The smallest absolute Gasteiger partial charge is 0.123 e. The quantitative estimate of drug-likeness (QED) is 0.818. The zero-order valence-corrected chi connectivity index (χ0v) is 8.97. The molecule has 0 amide bonds. The molecule has 13 heavy (non-hydrogen) atoms. The third-order valence-electron chi connectivity index (χ3n) is 2.49. The van der Waals surface area contributed by atoms with Gasteiger partial charge in [-0.3, -0.25) is 0 Å². The number of halogens is 1. The van der Waals surface area contributed by atoms with Gasteiger partial charge in [0.05, 0.1) is 18.6 Å². The number of rotatable bonds is 1. The number of aliphatic hydroxyl groups excluding tert-OH is 1. The molecular formula is C10H11BrO2. The zero-order valence-electron chi connectivity index (χ0n) is 7.38. The van der Waals surface area contributed by atoms with Gasteiger partial charge in [0.2, 0.25) is 0 Å². The Morgan fingerprint density at radius 2 is 2.38 bits per heavy atom. The minimum absolute atomic E-state index is 0.121. The minimum Gasteiger partial charge on any atom is -0.492 e. The molecule has 3 heteroatoms. The second-order valence-corrected chi connectivity index (χ2v) is 4.56. The van der Waals surface area contributed by atoms with Crippen molar-refractivity contribution in [2.45, 2.75) is 12.3 Å². The van der Waals surface area contributed by atoms with Crippen molar-refractivity contribution < 1.29 is 9.84 Å². The van der Waals surface area contributed by atoms with Crippen molar-refractivity contribution in [1.82, 2.24) is 0 Å². The van der Waals surface area contributed by atoms with E-state index in [0.29, 0.717) is 6.61 Å². The molecular weight excluding hydrogens is 232 g/mol. The fourth-order valence-corrected chi connectivity index (χ4v) is 1.91. The minimum atomic E-state index is -0.237. The van der Waals surface area contributed by atoms with E-state index < -0.39 is 0 Å². The molecule has 1 aromatic rings. The van der Waals surface area contributed by atoms with Gasteiger partial charge in [-0.05, 0) is 25.1 Å². The largest absolute Gasteiger partial charge is 0.492 e. The summed E-state index contributed by atoms with van der Waals surface area (Å²) in [5.74, 6) is 0.889. The SMILES string of the molecule is CC1(CO)COc2ccc(Br)cc21. The number of aliphatic hydroxyl groups is 1. The lowest BCUT2D eigenvalue weighted by Crippen LogP contribution is -2.28. The molecule has 0 bridgehead atoms. The summed E-state index contributed by atoms with van der Waals surface area (Å²) in [6.07, 6.45) is 0. The molecule has 0 fully saturated rings. The lowest BCUT2D eigenvalue weighted by molar-refractivity contribution is 0.171. The topological polar surface area (TPSA) is 29.5 Å². The maximum atomic E-state index is 9.27. The standard InChI is InChI=1S/C10H11BrO2/c1-10(5-12)6-13-9-3-2-7(11)4-8(9)10/h2-4,12H,5-6H2,1H3. The van der Waals surface area contributed by atoms with Crippen LogP contribution in [0, 0.1) is 0 Å². The Kier molecular flexibility index (Phi) is 2.08. The van der Waals surface area contributed by atoms with Crippen molar-refractivity contribution in [1.29, 1.82) is 0 Å². The van der Waals surface area contributed by atoms with E-state index in [-0.39, 0.29) is 12.0 Å². The van der Waals surface area contributed by atoms with Crippen LogP contribution < -0.4 is 4.74 Å². The number of ether oxygens (including phenoxy) is 1. The highest BCUT2D eigenvalue weighted by Crippen LogP contribution is 2.39. The molecule has 0 aliphatic carbocycles. The van der Waals surface area contributed by atoms with Gasteiger partial charge in [-0.15, -0.1) is 0 Å². The van der Waals surface area contributed by atoms with Gasteiger partial charge < -0.3 is 9.84 Å². The van der Waals surface area contributed by atoms with Gasteiger partial charge in [-0.1, -0.05) is 15.9 Å². The van der Waals surface area contributed by atoms with Gasteiger partial charge >= 0.3 is 0 Å². The summed E-state index contributed by atoms with van der Waals surface area (Å²) >= 11 is 3.41. The van der Waals surface area contributed by atoms with Gasteiger partial charge in [0.1, 0.15) is 5.75 Å². The molecule has 0 spiro atoms. The first-order valence-electron chi connectivity index (χ1n) is 4.19. The molecule has 0 saturated heterocycles. The molecule has 1 N–H and O–H groups in total. The first-order chi connectivity index (χ1) is 6.15. The molecule has 1 aliphatic rings. The van der Waals surface area contributed by atoms with Crippen LogP contribution in [0.25, 0.3) is 0 Å². The van der Waals surface area contributed by atoms with Crippen LogP contribution in [0.5, 0.6) is 5.75 Å². The van der Waals surface area contributed by atoms with Gasteiger partial charge in [-0.25, -0.2) is 0 Å². The van der Waals surface area contributed by atoms with Gasteiger partial charge in [-0.2, -0.15) is 0 Å². The van der Waals surface area contributed by atoms with Crippen molar-refractivity contribution in [2.75, 3.05) is 13.2 Å². The Morgan fingerprint density at radius 1 is 1.62 bits per heavy atom. The summed E-state index contributed by atoms with van der Waals surface area (Å²) < 4.78 is 6.50. The van der Waals surface area contributed by atoms with Crippen LogP contribution in [-0.4, -0.2) is 18.3 Å². The van der Waals surface area contributed by atoms with Crippen LogP contribution in [0.2, 0.25) is 0 Å². The molecule has 0 radical (unpaired) electrons.